The molecule has 1 aromatic carbocycles. The molecule has 0 spiro atoms. The number of morpholine rings is 1. The summed E-state index contributed by atoms with van der Waals surface area (Å²) in [5.74, 6) is 0.928. The van der Waals surface area contributed by atoms with Crippen LogP contribution in [0.5, 0.6) is 0 Å². The van der Waals surface area contributed by atoms with Crippen LogP contribution < -0.4 is 10.5 Å². The fourth-order valence-electron chi connectivity index (χ4n) is 4.70. The second kappa shape index (κ2) is 8.17. The summed E-state index contributed by atoms with van der Waals surface area (Å²) in [6.07, 6.45) is 2.28. The van der Waals surface area contributed by atoms with Gasteiger partial charge in [0, 0.05) is 30.5 Å². The molecule has 6 rings (SSSR count). The molecule has 0 bridgehead atoms. The quantitative estimate of drug-likeness (QED) is 0.373. The summed E-state index contributed by atoms with van der Waals surface area (Å²) in [5, 5.41) is 1.78. The van der Waals surface area contributed by atoms with Crippen molar-refractivity contribution < 1.29 is 9.47 Å². The molecular formula is C24H22Cl2N4O3S. The lowest BCUT2D eigenvalue weighted by Gasteiger charge is -2.36. The molecule has 34 heavy (non-hydrogen) atoms. The third-order valence-electron chi connectivity index (χ3n) is 6.42. The van der Waals surface area contributed by atoms with Crippen LogP contribution in [0, 0.1) is 0 Å². The number of aromatic nitrogens is 3. The van der Waals surface area contributed by atoms with Crippen LogP contribution in [0.25, 0.3) is 26.1 Å². The zero-order valence-corrected chi connectivity index (χ0v) is 21.1. The van der Waals surface area contributed by atoms with E-state index in [1.807, 2.05) is 0 Å². The predicted molar refractivity (Wildman–Crippen MR) is 136 cm³/mol. The minimum absolute atomic E-state index is 0.153. The van der Waals surface area contributed by atoms with Gasteiger partial charge in [0.05, 0.1) is 46.7 Å². The number of pyridine rings is 1. The van der Waals surface area contributed by atoms with Crippen molar-refractivity contribution in [1.82, 2.24) is 14.5 Å². The smallest absolute Gasteiger partial charge is 0.275 e. The summed E-state index contributed by atoms with van der Waals surface area (Å²) in [4.78, 5) is 26.4. The lowest BCUT2D eigenvalue weighted by Crippen LogP contribution is -2.39. The Hall–Kier alpha value is -2.23. The number of hydrogen-bond acceptors (Lipinski definition) is 7. The number of thiophene rings is 1. The van der Waals surface area contributed by atoms with E-state index in [2.05, 4.69) is 18.7 Å². The molecule has 7 nitrogen and oxygen atoms in total. The Kier molecular flexibility index (Phi) is 5.35. The molecular weight excluding hydrogens is 495 g/mol. The average molecular weight is 517 g/mol. The van der Waals surface area contributed by atoms with Gasteiger partial charge in [-0.2, -0.15) is 0 Å². The number of benzene rings is 1. The van der Waals surface area contributed by atoms with Gasteiger partial charge in [-0.3, -0.25) is 9.36 Å². The predicted octanol–water partition coefficient (Wildman–Crippen LogP) is 4.99. The van der Waals surface area contributed by atoms with E-state index in [0.29, 0.717) is 45.8 Å². The molecule has 0 aliphatic carbocycles. The first kappa shape index (κ1) is 22.2. The number of hydrogen-bond donors (Lipinski definition) is 0. The lowest BCUT2D eigenvalue weighted by molar-refractivity contribution is -0.0396. The zero-order chi connectivity index (χ0) is 23.6. The molecule has 3 aromatic heterocycles. The van der Waals surface area contributed by atoms with Crippen LogP contribution in [-0.2, 0) is 22.5 Å². The molecule has 1 saturated heterocycles. The Morgan fingerprint density at radius 1 is 1.12 bits per heavy atom. The number of fused-ring (bicyclic) bond motifs is 5. The van der Waals surface area contributed by atoms with E-state index in [1.54, 1.807) is 24.5 Å². The summed E-state index contributed by atoms with van der Waals surface area (Å²) in [6.45, 7) is 7.57. The fraction of sp³-hybridized carbons (Fsp3) is 0.375. The zero-order valence-electron chi connectivity index (χ0n) is 18.7. The van der Waals surface area contributed by atoms with E-state index in [1.165, 1.54) is 21.5 Å². The van der Waals surface area contributed by atoms with E-state index in [4.69, 9.17) is 42.6 Å². The van der Waals surface area contributed by atoms with Crippen LogP contribution in [0.4, 0.5) is 5.82 Å². The summed E-state index contributed by atoms with van der Waals surface area (Å²) in [5.41, 5.74) is 3.10. The minimum atomic E-state index is -0.313. The molecule has 0 N–H and O–H groups in total. The molecule has 176 valence electrons. The number of nitrogens with zero attached hydrogens (tertiary/aromatic N) is 4. The highest BCUT2D eigenvalue weighted by Crippen LogP contribution is 2.42. The Bertz CT molecular complexity index is 1510. The number of halogens is 2. The standard InChI is InChI=1S/C24H22Cl2N4O3S/c1-24(2)10-14-15(11-33-24)21(29-5-7-32-8-6-29)28-22-18(14)19-20(34-22)23(31)30(12-27-19)13-3-4-16(25)17(26)9-13/h3-4,9,12H,5-8,10-11H2,1-2H3. The molecule has 0 unspecified atom stereocenters. The molecule has 0 atom stereocenters. The Balaban J connectivity index is 1.60. The van der Waals surface area contributed by atoms with Crippen molar-refractivity contribution >= 4 is 60.8 Å². The molecule has 0 saturated carbocycles. The maximum absolute atomic E-state index is 13.6. The van der Waals surface area contributed by atoms with Crippen LogP contribution in [0.3, 0.4) is 0 Å². The third kappa shape index (κ3) is 3.60. The maximum Gasteiger partial charge on any atom is 0.275 e. The highest BCUT2D eigenvalue weighted by molar-refractivity contribution is 7.25. The van der Waals surface area contributed by atoms with Crippen molar-refractivity contribution in [2.45, 2.75) is 32.5 Å². The highest BCUT2D eigenvalue weighted by Gasteiger charge is 2.33. The Labute approximate surface area is 209 Å². The van der Waals surface area contributed by atoms with Crippen molar-refractivity contribution in [3.63, 3.8) is 0 Å². The summed E-state index contributed by atoms with van der Waals surface area (Å²) in [7, 11) is 0. The molecule has 0 amide bonds. The van der Waals surface area contributed by atoms with Gasteiger partial charge in [0.2, 0.25) is 0 Å². The van der Waals surface area contributed by atoms with Crippen molar-refractivity contribution in [3.05, 3.63) is 56.1 Å². The second-order valence-corrected chi connectivity index (χ2v) is 11.0. The normalized spacial score (nSPS) is 17.9. The Morgan fingerprint density at radius 3 is 2.68 bits per heavy atom. The van der Waals surface area contributed by atoms with Gasteiger partial charge in [0.15, 0.2) is 0 Å². The topological polar surface area (TPSA) is 69.5 Å². The van der Waals surface area contributed by atoms with Gasteiger partial charge in [0.1, 0.15) is 21.7 Å². The largest absolute Gasteiger partial charge is 0.378 e. The average Bonchev–Trinajstić information content (AvgIpc) is 3.20. The molecule has 2 aliphatic heterocycles. The first-order valence-corrected chi connectivity index (χ1v) is 12.7. The fourth-order valence-corrected chi connectivity index (χ4v) is 6.08. The van der Waals surface area contributed by atoms with E-state index in [-0.39, 0.29) is 11.2 Å². The number of rotatable bonds is 2. The van der Waals surface area contributed by atoms with Crippen molar-refractivity contribution in [3.8, 4) is 5.69 Å². The Morgan fingerprint density at radius 2 is 1.91 bits per heavy atom. The molecule has 2 aliphatic rings. The van der Waals surface area contributed by atoms with Crippen molar-refractivity contribution in [2.24, 2.45) is 0 Å². The van der Waals surface area contributed by atoms with Gasteiger partial charge in [-0.25, -0.2) is 9.97 Å². The van der Waals surface area contributed by atoms with Crippen LogP contribution in [-0.4, -0.2) is 46.4 Å². The molecule has 1 fully saturated rings. The number of ether oxygens (including phenoxy) is 2. The highest BCUT2D eigenvalue weighted by atomic mass is 35.5. The third-order valence-corrected chi connectivity index (χ3v) is 8.22. The summed E-state index contributed by atoms with van der Waals surface area (Å²) < 4.78 is 13.8. The molecule has 4 aromatic rings. The van der Waals surface area contributed by atoms with Crippen LogP contribution >= 0.6 is 34.5 Å². The van der Waals surface area contributed by atoms with Crippen LogP contribution in [0.1, 0.15) is 25.0 Å². The van der Waals surface area contributed by atoms with E-state index in [9.17, 15) is 4.79 Å². The first-order chi connectivity index (χ1) is 16.3. The van der Waals surface area contributed by atoms with Gasteiger partial charge in [-0.15, -0.1) is 11.3 Å². The van der Waals surface area contributed by atoms with E-state index >= 15 is 0 Å². The molecule has 10 heteroatoms. The second-order valence-electron chi connectivity index (χ2n) is 9.20. The van der Waals surface area contributed by atoms with E-state index in [0.717, 1.165) is 41.1 Å². The van der Waals surface area contributed by atoms with Gasteiger partial charge < -0.3 is 14.4 Å². The number of anilines is 1. The van der Waals surface area contributed by atoms with Gasteiger partial charge >= 0.3 is 0 Å². The van der Waals surface area contributed by atoms with Crippen LogP contribution in [0.15, 0.2) is 29.3 Å². The first-order valence-electron chi connectivity index (χ1n) is 11.1. The van der Waals surface area contributed by atoms with Gasteiger partial charge in [-0.05, 0) is 37.6 Å². The minimum Gasteiger partial charge on any atom is -0.378 e. The lowest BCUT2D eigenvalue weighted by atomic mass is 9.90. The molecule has 0 radical (unpaired) electrons. The molecule has 5 heterocycles. The van der Waals surface area contributed by atoms with Crippen molar-refractivity contribution in [1.29, 1.82) is 0 Å². The SMILES string of the molecule is CC1(C)Cc2c(c(N3CCOCC3)nc3sc4c(=O)n(-c5ccc(Cl)c(Cl)c5)cnc4c23)CO1. The summed E-state index contributed by atoms with van der Waals surface area (Å²) >= 11 is 13.6. The van der Waals surface area contributed by atoms with E-state index < -0.39 is 0 Å². The van der Waals surface area contributed by atoms with Crippen molar-refractivity contribution in [2.75, 3.05) is 31.2 Å². The van der Waals surface area contributed by atoms with Gasteiger partial charge in [0.25, 0.3) is 5.56 Å². The van der Waals surface area contributed by atoms with Gasteiger partial charge in [-0.1, -0.05) is 23.2 Å². The summed E-state index contributed by atoms with van der Waals surface area (Å²) in [6, 6.07) is 5.10. The van der Waals surface area contributed by atoms with Crippen LogP contribution in [0.2, 0.25) is 10.0 Å². The monoisotopic (exact) mass is 516 g/mol. The maximum atomic E-state index is 13.6.